The Bertz CT molecular complexity index is 432. The Morgan fingerprint density at radius 1 is 1.39 bits per heavy atom. The van der Waals surface area contributed by atoms with Crippen LogP contribution in [-0.2, 0) is 18.3 Å². The summed E-state index contributed by atoms with van der Waals surface area (Å²) < 4.78 is 0. The third-order valence-electron chi connectivity index (χ3n) is 3.97. The molecule has 0 amide bonds. The summed E-state index contributed by atoms with van der Waals surface area (Å²) in [4.78, 5) is 13.4. The van der Waals surface area contributed by atoms with Crippen molar-refractivity contribution in [3.05, 3.63) is 5.82 Å². The maximum absolute atomic E-state index is 12.0. The SMILES string of the molecule is Cn1nnc(CC2CC(C(C)(C)C)CCC2=O)n1. The van der Waals surface area contributed by atoms with Gasteiger partial charge in [-0.2, -0.15) is 4.80 Å². The number of ketones is 1. The second kappa shape index (κ2) is 4.78. The Morgan fingerprint density at radius 2 is 2.11 bits per heavy atom. The van der Waals surface area contributed by atoms with Crippen LogP contribution in [0.25, 0.3) is 0 Å². The molecule has 1 aliphatic carbocycles. The van der Waals surface area contributed by atoms with Crippen LogP contribution >= 0.6 is 0 Å². The van der Waals surface area contributed by atoms with E-state index < -0.39 is 0 Å². The van der Waals surface area contributed by atoms with Crippen molar-refractivity contribution in [1.82, 2.24) is 20.2 Å². The van der Waals surface area contributed by atoms with E-state index in [1.807, 2.05) is 0 Å². The molecule has 0 N–H and O–H groups in total. The van der Waals surface area contributed by atoms with Gasteiger partial charge in [0.15, 0.2) is 5.82 Å². The van der Waals surface area contributed by atoms with Crippen LogP contribution in [0.1, 0.15) is 45.9 Å². The van der Waals surface area contributed by atoms with E-state index in [1.54, 1.807) is 7.05 Å². The van der Waals surface area contributed by atoms with Crippen LogP contribution in [0.5, 0.6) is 0 Å². The summed E-state index contributed by atoms with van der Waals surface area (Å²) >= 11 is 0. The summed E-state index contributed by atoms with van der Waals surface area (Å²) in [5.41, 5.74) is 0.273. The molecule has 0 saturated heterocycles. The molecule has 2 unspecified atom stereocenters. The van der Waals surface area contributed by atoms with Gasteiger partial charge in [0.2, 0.25) is 0 Å². The van der Waals surface area contributed by atoms with Crippen molar-refractivity contribution in [3.8, 4) is 0 Å². The number of aryl methyl sites for hydroxylation is 1. The van der Waals surface area contributed by atoms with E-state index in [-0.39, 0.29) is 11.3 Å². The van der Waals surface area contributed by atoms with E-state index in [2.05, 4.69) is 36.2 Å². The van der Waals surface area contributed by atoms with Crippen molar-refractivity contribution in [3.63, 3.8) is 0 Å². The molecular formula is C13H22N4O. The highest BCUT2D eigenvalue weighted by Gasteiger charge is 2.35. The summed E-state index contributed by atoms with van der Waals surface area (Å²) in [6.45, 7) is 6.77. The van der Waals surface area contributed by atoms with E-state index >= 15 is 0 Å². The molecule has 5 heteroatoms. The second-order valence-corrected chi connectivity index (χ2v) is 6.40. The van der Waals surface area contributed by atoms with Crippen molar-refractivity contribution in [2.24, 2.45) is 24.3 Å². The van der Waals surface area contributed by atoms with Gasteiger partial charge in [-0.3, -0.25) is 4.79 Å². The van der Waals surface area contributed by atoms with E-state index in [1.165, 1.54) is 4.80 Å². The van der Waals surface area contributed by atoms with Crippen LogP contribution in [0.15, 0.2) is 0 Å². The zero-order chi connectivity index (χ0) is 13.3. The number of hydrogen-bond donors (Lipinski definition) is 0. The Labute approximate surface area is 108 Å². The number of carbonyl (C=O) groups is 1. The van der Waals surface area contributed by atoms with Gasteiger partial charge in [0.25, 0.3) is 0 Å². The minimum absolute atomic E-state index is 0.0761. The molecule has 1 aromatic rings. The van der Waals surface area contributed by atoms with Crippen LogP contribution in [0, 0.1) is 17.3 Å². The monoisotopic (exact) mass is 250 g/mol. The van der Waals surface area contributed by atoms with Crippen LogP contribution in [0.2, 0.25) is 0 Å². The van der Waals surface area contributed by atoms with Gasteiger partial charge in [-0.25, -0.2) is 0 Å². The first-order chi connectivity index (χ1) is 8.36. The Kier molecular flexibility index (Phi) is 3.50. The van der Waals surface area contributed by atoms with Crippen molar-refractivity contribution in [1.29, 1.82) is 0 Å². The summed E-state index contributed by atoms with van der Waals surface area (Å²) in [5.74, 6) is 1.73. The summed E-state index contributed by atoms with van der Waals surface area (Å²) in [7, 11) is 1.75. The van der Waals surface area contributed by atoms with Crippen LogP contribution in [-0.4, -0.2) is 26.0 Å². The summed E-state index contributed by atoms with van der Waals surface area (Å²) in [6, 6.07) is 0. The van der Waals surface area contributed by atoms with Gasteiger partial charge in [-0.15, -0.1) is 10.2 Å². The third kappa shape index (κ3) is 2.94. The van der Waals surface area contributed by atoms with Crippen LogP contribution in [0.3, 0.4) is 0 Å². The van der Waals surface area contributed by atoms with Gasteiger partial charge < -0.3 is 0 Å². The second-order valence-electron chi connectivity index (χ2n) is 6.40. The molecule has 1 saturated carbocycles. The van der Waals surface area contributed by atoms with Gasteiger partial charge >= 0.3 is 0 Å². The number of Topliss-reactive ketones (excluding diaryl/α,β-unsaturated/α-hetero) is 1. The first-order valence-corrected chi connectivity index (χ1v) is 6.62. The predicted octanol–water partition coefficient (Wildman–Crippen LogP) is 1.78. The molecule has 0 aromatic carbocycles. The minimum Gasteiger partial charge on any atom is -0.299 e. The molecule has 0 bridgehead atoms. The van der Waals surface area contributed by atoms with Gasteiger partial charge in [0, 0.05) is 18.8 Å². The van der Waals surface area contributed by atoms with Gasteiger partial charge in [0.1, 0.15) is 5.78 Å². The van der Waals surface area contributed by atoms with Crippen molar-refractivity contribution >= 4 is 5.78 Å². The fraction of sp³-hybridized carbons (Fsp3) is 0.846. The number of tetrazole rings is 1. The van der Waals surface area contributed by atoms with E-state index in [0.29, 0.717) is 30.4 Å². The van der Waals surface area contributed by atoms with E-state index in [9.17, 15) is 4.79 Å². The highest BCUT2D eigenvalue weighted by molar-refractivity contribution is 5.81. The molecule has 0 radical (unpaired) electrons. The van der Waals surface area contributed by atoms with E-state index in [0.717, 1.165) is 12.8 Å². The maximum Gasteiger partial charge on any atom is 0.175 e. The Morgan fingerprint density at radius 3 is 2.67 bits per heavy atom. The average molecular weight is 250 g/mol. The van der Waals surface area contributed by atoms with Crippen molar-refractivity contribution in [2.45, 2.75) is 46.5 Å². The lowest BCUT2D eigenvalue weighted by Crippen LogP contribution is -2.33. The molecule has 1 heterocycles. The zero-order valence-electron chi connectivity index (χ0n) is 11.7. The molecular weight excluding hydrogens is 228 g/mol. The maximum atomic E-state index is 12.0. The number of hydrogen-bond acceptors (Lipinski definition) is 4. The molecule has 1 aromatic heterocycles. The topological polar surface area (TPSA) is 60.7 Å². The van der Waals surface area contributed by atoms with Crippen LogP contribution in [0.4, 0.5) is 0 Å². The first-order valence-electron chi connectivity index (χ1n) is 6.62. The number of aromatic nitrogens is 4. The third-order valence-corrected chi connectivity index (χ3v) is 3.97. The fourth-order valence-corrected chi connectivity index (χ4v) is 2.72. The fourth-order valence-electron chi connectivity index (χ4n) is 2.72. The molecule has 2 atom stereocenters. The standard InChI is InChI=1S/C13H22N4O/c1-13(2,3)10-5-6-11(18)9(7-10)8-12-14-16-17(4)15-12/h9-10H,5-8H2,1-4H3. The number of carbonyl (C=O) groups excluding carboxylic acids is 1. The van der Waals surface area contributed by atoms with Crippen LogP contribution < -0.4 is 0 Å². The summed E-state index contributed by atoms with van der Waals surface area (Å²) in [6.07, 6.45) is 3.32. The molecule has 0 aliphatic heterocycles. The molecule has 2 rings (SSSR count). The number of nitrogens with zero attached hydrogens (tertiary/aromatic N) is 4. The van der Waals surface area contributed by atoms with E-state index in [4.69, 9.17) is 0 Å². The normalized spacial score (nSPS) is 25.4. The highest BCUT2D eigenvalue weighted by atomic mass is 16.1. The smallest absolute Gasteiger partial charge is 0.175 e. The zero-order valence-corrected chi connectivity index (χ0v) is 11.7. The number of rotatable bonds is 2. The molecule has 18 heavy (non-hydrogen) atoms. The average Bonchev–Trinajstić information content (AvgIpc) is 2.66. The lowest BCUT2D eigenvalue weighted by Gasteiger charge is -2.36. The first kappa shape index (κ1) is 13.2. The molecule has 1 fully saturated rings. The van der Waals surface area contributed by atoms with Crippen molar-refractivity contribution < 1.29 is 4.79 Å². The van der Waals surface area contributed by atoms with Gasteiger partial charge in [-0.05, 0) is 29.4 Å². The molecule has 100 valence electrons. The van der Waals surface area contributed by atoms with Gasteiger partial charge in [-0.1, -0.05) is 20.8 Å². The Hall–Kier alpha value is -1.26. The molecule has 1 aliphatic rings. The quantitative estimate of drug-likeness (QED) is 0.802. The largest absolute Gasteiger partial charge is 0.299 e. The molecule has 0 spiro atoms. The lowest BCUT2D eigenvalue weighted by atomic mass is 9.68. The highest BCUT2D eigenvalue weighted by Crippen LogP contribution is 2.39. The van der Waals surface area contributed by atoms with Crippen molar-refractivity contribution in [2.75, 3.05) is 0 Å². The van der Waals surface area contributed by atoms with Gasteiger partial charge in [0.05, 0.1) is 7.05 Å². The Balaban J connectivity index is 2.04. The predicted molar refractivity (Wildman–Crippen MR) is 67.8 cm³/mol. The minimum atomic E-state index is 0.0761. The molecule has 5 nitrogen and oxygen atoms in total. The summed E-state index contributed by atoms with van der Waals surface area (Å²) in [5, 5.41) is 12.0. The lowest BCUT2D eigenvalue weighted by molar-refractivity contribution is -0.126.